The van der Waals surface area contributed by atoms with Gasteiger partial charge >= 0.3 is 0 Å². The maximum absolute atomic E-state index is 12.8. The van der Waals surface area contributed by atoms with E-state index in [0.29, 0.717) is 17.5 Å². The molecule has 3 rings (SSSR count). The van der Waals surface area contributed by atoms with E-state index in [2.05, 4.69) is 12.0 Å². The van der Waals surface area contributed by atoms with Gasteiger partial charge in [0.05, 0.1) is 5.52 Å². The van der Waals surface area contributed by atoms with E-state index < -0.39 is 0 Å². The number of rotatable bonds is 2. The van der Waals surface area contributed by atoms with Gasteiger partial charge in [-0.1, -0.05) is 25.1 Å². The maximum atomic E-state index is 12.8. The molecule has 0 saturated carbocycles. The standard InChI is InChI=1S/C15H18ClN3O/c1-10-7-8-19(13(10)9-16)15(20)14-11-5-3-4-6-12(11)18(2)17-14/h3-6,10,13H,7-9H2,1-2H3. The van der Waals surface area contributed by atoms with Gasteiger partial charge in [-0.25, -0.2) is 0 Å². The van der Waals surface area contributed by atoms with Crippen LogP contribution < -0.4 is 0 Å². The predicted molar refractivity (Wildman–Crippen MR) is 80.0 cm³/mol. The van der Waals surface area contributed by atoms with E-state index in [1.54, 1.807) is 4.68 Å². The number of aryl methyl sites for hydroxylation is 1. The van der Waals surface area contributed by atoms with Crippen LogP contribution in [-0.4, -0.2) is 39.1 Å². The average Bonchev–Trinajstić information content (AvgIpc) is 2.99. The van der Waals surface area contributed by atoms with Crippen LogP contribution in [0.25, 0.3) is 10.9 Å². The summed E-state index contributed by atoms with van der Waals surface area (Å²) >= 11 is 6.03. The lowest BCUT2D eigenvalue weighted by atomic mass is 10.0. The molecule has 1 aromatic carbocycles. The molecule has 0 N–H and O–H groups in total. The number of carbonyl (C=O) groups is 1. The first-order chi connectivity index (χ1) is 9.63. The Morgan fingerprint density at radius 3 is 2.95 bits per heavy atom. The molecule has 2 heterocycles. The third-order valence-electron chi connectivity index (χ3n) is 4.26. The zero-order valence-corrected chi connectivity index (χ0v) is 12.5. The van der Waals surface area contributed by atoms with E-state index in [0.717, 1.165) is 23.9 Å². The molecule has 0 bridgehead atoms. The lowest BCUT2D eigenvalue weighted by molar-refractivity contribution is 0.0732. The lowest BCUT2D eigenvalue weighted by Crippen LogP contribution is -2.39. The molecule has 4 nitrogen and oxygen atoms in total. The van der Waals surface area contributed by atoms with Gasteiger partial charge in [-0.2, -0.15) is 5.10 Å². The Morgan fingerprint density at radius 1 is 1.45 bits per heavy atom. The van der Waals surface area contributed by atoms with Crippen LogP contribution >= 0.6 is 11.6 Å². The van der Waals surface area contributed by atoms with E-state index >= 15 is 0 Å². The van der Waals surface area contributed by atoms with E-state index in [9.17, 15) is 4.79 Å². The van der Waals surface area contributed by atoms with Gasteiger partial charge in [-0.3, -0.25) is 9.48 Å². The van der Waals surface area contributed by atoms with Crippen LogP contribution in [0.15, 0.2) is 24.3 Å². The van der Waals surface area contributed by atoms with Crippen molar-refractivity contribution in [1.82, 2.24) is 14.7 Å². The molecule has 2 aromatic rings. The van der Waals surface area contributed by atoms with Crippen molar-refractivity contribution in [3.05, 3.63) is 30.0 Å². The second-order valence-corrected chi connectivity index (χ2v) is 5.78. The smallest absolute Gasteiger partial charge is 0.275 e. The van der Waals surface area contributed by atoms with Crippen LogP contribution in [0.4, 0.5) is 0 Å². The fraction of sp³-hybridized carbons (Fsp3) is 0.467. The normalized spacial score (nSPS) is 22.6. The molecule has 106 valence electrons. The molecule has 0 spiro atoms. The number of benzene rings is 1. The number of hydrogen-bond acceptors (Lipinski definition) is 2. The topological polar surface area (TPSA) is 38.1 Å². The van der Waals surface area contributed by atoms with Crippen LogP contribution in [0, 0.1) is 5.92 Å². The van der Waals surface area contributed by atoms with E-state index in [-0.39, 0.29) is 11.9 Å². The molecular weight excluding hydrogens is 274 g/mol. The number of aromatic nitrogens is 2. The summed E-state index contributed by atoms with van der Waals surface area (Å²) in [5, 5.41) is 5.32. The number of fused-ring (bicyclic) bond motifs is 1. The third-order valence-corrected chi connectivity index (χ3v) is 4.58. The quantitative estimate of drug-likeness (QED) is 0.798. The third kappa shape index (κ3) is 1.99. The highest BCUT2D eigenvalue weighted by Crippen LogP contribution is 2.28. The first-order valence-electron chi connectivity index (χ1n) is 6.92. The van der Waals surface area contributed by atoms with Crippen LogP contribution in [0.2, 0.25) is 0 Å². The highest BCUT2D eigenvalue weighted by molar-refractivity contribution is 6.18. The SMILES string of the molecule is CC1CCN(C(=O)c2nn(C)c3ccccc23)C1CCl. The zero-order valence-electron chi connectivity index (χ0n) is 11.7. The van der Waals surface area contributed by atoms with Gasteiger partial charge in [0, 0.05) is 30.9 Å². The molecule has 20 heavy (non-hydrogen) atoms. The number of amides is 1. The fourth-order valence-electron chi connectivity index (χ4n) is 3.00. The Kier molecular flexibility index (Phi) is 3.42. The van der Waals surface area contributed by atoms with Crippen molar-refractivity contribution >= 4 is 28.4 Å². The van der Waals surface area contributed by atoms with Crippen molar-refractivity contribution < 1.29 is 4.79 Å². The summed E-state index contributed by atoms with van der Waals surface area (Å²) in [5.41, 5.74) is 1.51. The summed E-state index contributed by atoms with van der Waals surface area (Å²) < 4.78 is 1.76. The average molecular weight is 292 g/mol. The number of halogens is 1. The van der Waals surface area contributed by atoms with Gasteiger partial charge < -0.3 is 4.90 Å². The molecule has 2 atom stereocenters. The van der Waals surface area contributed by atoms with Gasteiger partial charge in [-0.05, 0) is 18.4 Å². The van der Waals surface area contributed by atoms with Crippen LogP contribution in [0.5, 0.6) is 0 Å². The number of likely N-dealkylation sites (tertiary alicyclic amines) is 1. The minimum absolute atomic E-state index is 0.00296. The number of carbonyl (C=O) groups excluding carboxylic acids is 1. The van der Waals surface area contributed by atoms with Gasteiger partial charge in [0.1, 0.15) is 0 Å². The van der Waals surface area contributed by atoms with Crippen molar-refractivity contribution in [3.8, 4) is 0 Å². The highest BCUT2D eigenvalue weighted by Gasteiger charge is 2.35. The number of para-hydroxylation sites is 1. The Labute approximate surface area is 123 Å². The molecule has 1 amide bonds. The van der Waals surface area contributed by atoms with E-state index in [1.807, 2.05) is 36.2 Å². The Balaban J connectivity index is 2.01. The molecule has 1 aliphatic rings. The first kappa shape index (κ1) is 13.4. The van der Waals surface area contributed by atoms with Gasteiger partial charge in [0.2, 0.25) is 0 Å². The molecule has 0 aliphatic carbocycles. The number of alkyl halides is 1. The van der Waals surface area contributed by atoms with Crippen LogP contribution in [0.1, 0.15) is 23.8 Å². The van der Waals surface area contributed by atoms with Gasteiger partial charge in [-0.15, -0.1) is 11.6 Å². The molecule has 2 unspecified atom stereocenters. The first-order valence-corrected chi connectivity index (χ1v) is 7.45. The Morgan fingerprint density at radius 2 is 2.20 bits per heavy atom. The summed E-state index contributed by atoms with van der Waals surface area (Å²) in [5.74, 6) is 0.931. The molecule has 1 aromatic heterocycles. The van der Waals surface area contributed by atoms with Gasteiger partial charge in [0.25, 0.3) is 5.91 Å². The molecular formula is C15H18ClN3O. The van der Waals surface area contributed by atoms with E-state index in [1.165, 1.54) is 0 Å². The van der Waals surface area contributed by atoms with Crippen molar-refractivity contribution in [3.63, 3.8) is 0 Å². The summed E-state index contributed by atoms with van der Waals surface area (Å²) in [7, 11) is 1.87. The molecule has 1 aliphatic heterocycles. The minimum atomic E-state index is -0.00296. The lowest BCUT2D eigenvalue weighted by Gasteiger charge is -2.24. The van der Waals surface area contributed by atoms with Gasteiger partial charge in [0.15, 0.2) is 5.69 Å². The zero-order chi connectivity index (χ0) is 14.3. The molecule has 1 fully saturated rings. The van der Waals surface area contributed by atoms with E-state index in [4.69, 9.17) is 11.6 Å². The second kappa shape index (κ2) is 5.09. The maximum Gasteiger partial charge on any atom is 0.275 e. The van der Waals surface area contributed by atoms with Crippen molar-refractivity contribution in [1.29, 1.82) is 0 Å². The predicted octanol–water partition coefficient (Wildman–Crippen LogP) is 2.66. The summed E-state index contributed by atoms with van der Waals surface area (Å²) in [6.45, 7) is 2.92. The van der Waals surface area contributed by atoms with Crippen LogP contribution in [-0.2, 0) is 7.05 Å². The number of nitrogens with zero attached hydrogens (tertiary/aromatic N) is 3. The van der Waals surface area contributed by atoms with Crippen molar-refractivity contribution in [2.45, 2.75) is 19.4 Å². The minimum Gasteiger partial charge on any atom is -0.333 e. The fourth-order valence-corrected chi connectivity index (χ4v) is 3.47. The van der Waals surface area contributed by atoms with Crippen molar-refractivity contribution in [2.75, 3.05) is 12.4 Å². The van der Waals surface area contributed by atoms with Crippen LogP contribution in [0.3, 0.4) is 0 Å². The Hall–Kier alpha value is -1.55. The summed E-state index contributed by atoms with van der Waals surface area (Å²) in [6.07, 6.45) is 1.01. The Bertz CT molecular complexity index is 652. The molecule has 0 radical (unpaired) electrons. The highest BCUT2D eigenvalue weighted by atomic mass is 35.5. The molecule has 1 saturated heterocycles. The second-order valence-electron chi connectivity index (χ2n) is 5.48. The summed E-state index contributed by atoms with van der Waals surface area (Å²) in [4.78, 5) is 14.7. The number of hydrogen-bond donors (Lipinski definition) is 0. The molecule has 5 heteroatoms. The monoisotopic (exact) mass is 291 g/mol. The van der Waals surface area contributed by atoms with Crippen molar-refractivity contribution in [2.24, 2.45) is 13.0 Å². The largest absolute Gasteiger partial charge is 0.333 e. The summed E-state index contributed by atoms with van der Waals surface area (Å²) in [6, 6.07) is 7.93.